The van der Waals surface area contributed by atoms with Crippen molar-refractivity contribution in [2.24, 2.45) is 11.7 Å². The van der Waals surface area contributed by atoms with Crippen molar-refractivity contribution in [1.29, 1.82) is 0 Å². The van der Waals surface area contributed by atoms with Crippen LogP contribution >= 0.6 is 0 Å². The van der Waals surface area contributed by atoms with Gasteiger partial charge in [-0.05, 0) is 36.1 Å². The quantitative estimate of drug-likeness (QED) is 0.739. The average Bonchev–Trinajstić information content (AvgIpc) is 2.43. The lowest BCUT2D eigenvalue weighted by molar-refractivity contribution is -0.143. The van der Waals surface area contributed by atoms with E-state index in [1.54, 1.807) is 13.8 Å². The molecule has 1 atom stereocenters. The summed E-state index contributed by atoms with van der Waals surface area (Å²) in [4.78, 5) is 23.3. The molecule has 1 rings (SSSR count). The zero-order chi connectivity index (χ0) is 20.3. The van der Waals surface area contributed by atoms with Crippen LogP contribution in [-0.4, -0.2) is 17.9 Å². The summed E-state index contributed by atoms with van der Waals surface area (Å²) in [5.74, 6) is -1.76. The fraction of sp³-hybridized carbons (Fsp3) is 0.500. The van der Waals surface area contributed by atoms with Crippen LogP contribution < -0.4 is 11.1 Å². The molecule has 0 aromatic heterocycles. The van der Waals surface area contributed by atoms with E-state index in [-0.39, 0.29) is 18.4 Å². The Hall–Kier alpha value is -2.26. The second kappa shape index (κ2) is 7.96. The Morgan fingerprint density at radius 3 is 1.81 bits per heavy atom. The third kappa shape index (κ3) is 6.57. The summed E-state index contributed by atoms with van der Waals surface area (Å²) < 4.78 is 76.8. The van der Waals surface area contributed by atoms with Crippen LogP contribution in [0, 0.1) is 5.92 Å². The predicted molar refractivity (Wildman–Crippen MR) is 80.7 cm³/mol. The molecule has 2 amide bonds. The Balaban J connectivity index is 3.07. The number of primary amides is 1. The molecule has 0 spiro atoms. The number of nitrogens with two attached hydrogens (primary N) is 1. The van der Waals surface area contributed by atoms with Crippen LogP contribution in [-0.2, 0) is 28.4 Å². The molecule has 0 aliphatic rings. The Morgan fingerprint density at radius 2 is 1.46 bits per heavy atom. The number of carbonyl (C=O) groups is 2. The summed E-state index contributed by atoms with van der Waals surface area (Å²) in [7, 11) is 0. The fourth-order valence-electron chi connectivity index (χ4n) is 2.27. The summed E-state index contributed by atoms with van der Waals surface area (Å²) in [6, 6.07) is -0.144. The lowest BCUT2D eigenvalue weighted by atomic mass is 10.0. The molecule has 1 aromatic rings. The van der Waals surface area contributed by atoms with Gasteiger partial charge in [0.2, 0.25) is 11.8 Å². The first-order valence-corrected chi connectivity index (χ1v) is 7.57. The molecule has 0 fully saturated rings. The van der Waals surface area contributed by atoms with Gasteiger partial charge >= 0.3 is 12.4 Å². The van der Waals surface area contributed by atoms with E-state index in [1.165, 1.54) is 0 Å². The Morgan fingerprint density at radius 1 is 1.00 bits per heavy atom. The van der Waals surface area contributed by atoms with Crippen LogP contribution in [0.25, 0.3) is 0 Å². The second-order valence-corrected chi connectivity index (χ2v) is 6.24. The average molecular weight is 384 g/mol. The van der Waals surface area contributed by atoms with Gasteiger partial charge in [-0.3, -0.25) is 9.59 Å². The normalized spacial score (nSPS) is 13.6. The highest BCUT2D eigenvalue weighted by atomic mass is 19.4. The maximum absolute atomic E-state index is 12.8. The van der Waals surface area contributed by atoms with Crippen molar-refractivity contribution in [3.8, 4) is 0 Å². The molecular weight excluding hydrogens is 366 g/mol. The van der Waals surface area contributed by atoms with Crippen molar-refractivity contribution in [2.75, 3.05) is 0 Å². The summed E-state index contributed by atoms with van der Waals surface area (Å²) in [6.45, 7) is 3.51. The first-order valence-electron chi connectivity index (χ1n) is 7.57. The minimum atomic E-state index is -5.00. The lowest BCUT2D eigenvalue weighted by Gasteiger charge is -2.18. The summed E-state index contributed by atoms with van der Waals surface area (Å²) in [5, 5.41) is 2.24. The van der Waals surface area contributed by atoms with Crippen LogP contribution in [0.5, 0.6) is 0 Å². The number of hydrogen-bond donors (Lipinski definition) is 2. The van der Waals surface area contributed by atoms with Crippen LogP contribution in [0.3, 0.4) is 0 Å². The van der Waals surface area contributed by atoms with Crippen molar-refractivity contribution in [2.45, 2.75) is 45.1 Å². The number of alkyl halides is 6. The van der Waals surface area contributed by atoms with E-state index in [0.29, 0.717) is 12.1 Å². The van der Waals surface area contributed by atoms with Crippen LogP contribution in [0.15, 0.2) is 18.2 Å². The lowest BCUT2D eigenvalue weighted by Crippen LogP contribution is -2.45. The zero-order valence-corrected chi connectivity index (χ0v) is 14.0. The van der Waals surface area contributed by atoms with Gasteiger partial charge in [-0.15, -0.1) is 0 Å². The number of carbonyl (C=O) groups excluding carboxylic acids is 2. The van der Waals surface area contributed by atoms with Gasteiger partial charge in [-0.2, -0.15) is 26.3 Å². The van der Waals surface area contributed by atoms with Gasteiger partial charge in [-0.1, -0.05) is 13.8 Å². The predicted octanol–water partition coefficient (Wildman–Crippen LogP) is 3.28. The molecule has 0 bridgehead atoms. The van der Waals surface area contributed by atoms with Crippen molar-refractivity contribution < 1.29 is 35.9 Å². The van der Waals surface area contributed by atoms with E-state index in [0.717, 1.165) is 0 Å². The van der Waals surface area contributed by atoms with Crippen molar-refractivity contribution in [3.63, 3.8) is 0 Å². The molecule has 0 unspecified atom stereocenters. The number of benzene rings is 1. The molecule has 4 nitrogen and oxygen atoms in total. The Labute approximate surface area is 145 Å². The Kier molecular flexibility index (Phi) is 6.67. The van der Waals surface area contributed by atoms with E-state index < -0.39 is 53.3 Å². The molecule has 0 aliphatic carbocycles. The van der Waals surface area contributed by atoms with Crippen molar-refractivity contribution >= 4 is 11.8 Å². The van der Waals surface area contributed by atoms with Crippen LogP contribution in [0.4, 0.5) is 26.3 Å². The molecule has 0 radical (unpaired) electrons. The first-order chi connectivity index (χ1) is 11.7. The highest BCUT2D eigenvalue weighted by Crippen LogP contribution is 2.36. The number of hydrogen-bond acceptors (Lipinski definition) is 2. The van der Waals surface area contributed by atoms with E-state index >= 15 is 0 Å². The number of amides is 2. The van der Waals surface area contributed by atoms with Gasteiger partial charge in [0.15, 0.2) is 0 Å². The molecule has 0 saturated heterocycles. The third-order valence-corrected chi connectivity index (χ3v) is 3.40. The number of rotatable bonds is 6. The van der Waals surface area contributed by atoms with Gasteiger partial charge in [0.25, 0.3) is 0 Å². The molecule has 10 heteroatoms. The molecule has 0 aliphatic heterocycles. The van der Waals surface area contributed by atoms with E-state index in [2.05, 4.69) is 5.32 Å². The molecule has 0 saturated carbocycles. The van der Waals surface area contributed by atoms with Crippen LogP contribution in [0.2, 0.25) is 0 Å². The zero-order valence-electron chi connectivity index (χ0n) is 14.0. The van der Waals surface area contributed by atoms with Gasteiger partial charge < -0.3 is 11.1 Å². The maximum atomic E-state index is 12.8. The van der Waals surface area contributed by atoms with Gasteiger partial charge in [0.05, 0.1) is 17.5 Å². The summed E-state index contributed by atoms with van der Waals surface area (Å²) >= 11 is 0. The highest BCUT2D eigenvalue weighted by molar-refractivity contribution is 5.87. The van der Waals surface area contributed by atoms with Crippen molar-refractivity contribution in [3.05, 3.63) is 34.9 Å². The van der Waals surface area contributed by atoms with E-state index in [4.69, 9.17) is 5.73 Å². The standard InChI is InChI=1S/C16H18F6N2O2/c1-8(2)3-12(14(23)26)24-13(25)6-9-4-10(15(17,18)19)7-11(5-9)16(20,21)22/h4-5,7-8,12H,3,6H2,1-2H3,(H2,23,26)(H,24,25)/t12-/m0/s1. The van der Waals surface area contributed by atoms with Crippen LogP contribution in [0.1, 0.15) is 37.0 Å². The third-order valence-electron chi connectivity index (χ3n) is 3.40. The molecule has 3 N–H and O–H groups in total. The number of halogens is 6. The van der Waals surface area contributed by atoms with Gasteiger partial charge in [0.1, 0.15) is 6.04 Å². The smallest absolute Gasteiger partial charge is 0.368 e. The van der Waals surface area contributed by atoms with E-state index in [9.17, 15) is 35.9 Å². The first kappa shape index (κ1) is 21.8. The topological polar surface area (TPSA) is 72.2 Å². The van der Waals surface area contributed by atoms with Gasteiger partial charge in [-0.25, -0.2) is 0 Å². The molecule has 26 heavy (non-hydrogen) atoms. The molecule has 1 aromatic carbocycles. The minimum absolute atomic E-state index is 0.0156. The SMILES string of the molecule is CC(C)C[C@H](NC(=O)Cc1cc(C(F)(F)F)cc(C(F)(F)F)c1)C(N)=O. The van der Waals surface area contributed by atoms with E-state index in [1.807, 2.05) is 0 Å². The maximum Gasteiger partial charge on any atom is 0.416 e. The van der Waals surface area contributed by atoms with Gasteiger partial charge in [0, 0.05) is 0 Å². The molecule has 0 heterocycles. The minimum Gasteiger partial charge on any atom is -0.368 e. The second-order valence-electron chi connectivity index (χ2n) is 6.24. The highest BCUT2D eigenvalue weighted by Gasteiger charge is 2.37. The van der Waals surface area contributed by atoms with Crippen molar-refractivity contribution in [1.82, 2.24) is 5.32 Å². The largest absolute Gasteiger partial charge is 0.416 e. The monoisotopic (exact) mass is 384 g/mol. The summed E-state index contributed by atoms with van der Waals surface area (Å²) in [5.41, 5.74) is 1.64. The Bertz CT molecular complexity index is 635. The molecular formula is C16H18F6N2O2. The summed E-state index contributed by atoms with van der Waals surface area (Å²) in [6.07, 6.45) is -10.6. The fourth-order valence-corrected chi connectivity index (χ4v) is 2.27. The number of nitrogens with one attached hydrogen (secondary N) is 1. The molecule has 146 valence electrons.